The van der Waals surface area contributed by atoms with E-state index in [9.17, 15) is 9.59 Å². The lowest BCUT2D eigenvalue weighted by Gasteiger charge is -2.35. The molecule has 1 fully saturated rings. The molecule has 0 aromatic heterocycles. The highest BCUT2D eigenvalue weighted by molar-refractivity contribution is 8.00. The third-order valence-corrected chi connectivity index (χ3v) is 7.37. The first-order valence-electron chi connectivity index (χ1n) is 9.45. The molecule has 2 rings (SSSR count). The van der Waals surface area contributed by atoms with Crippen molar-refractivity contribution in [2.24, 2.45) is 17.6 Å². The van der Waals surface area contributed by atoms with Gasteiger partial charge in [0.05, 0.1) is 11.2 Å². The van der Waals surface area contributed by atoms with Crippen LogP contribution in [0, 0.1) is 39.5 Å². The summed E-state index contributed by atoms with van der Waals surface area (Å²) in [5.74, 6) is -0.164. The van der Waals surface area contributed by atoms with Gasteiger partial charge in [0.1, 0.15) is 0 Å². The van der Waals surface area contributed by atoms with E-state index in [0.717, 1.165) is 19.4 Å². The quantitative estimate of drug-likeness (QED) is 0.796. The zero-order valence-electron chi connectivity index (χ0n) is 16.9. The Hall–Kier alpha value is -1.49. The molecule has 1 saturated heterocycles. The highest BCUT2D eigenvalue weighted by atomic mass is 32.2. The van der Waals surface area contributed by atoms with Crippen molar-refractivity contribution in [1.29, 1.82) is 0 Å². The normalized spacial score (nSPS) is 18.9. The number of piperidine rings is 1. The number of amides is 2. The van der Waals surface area contributed by atoms with Gasteiger partial charge in [0, 0.05) is 18.0 Å². The van der Waals surface area contributed by atoms with Crippen molar-refractivity contribution in [2.45, 2.75) is 64.5 Å². The molecule has 1 heterocycles. The minimum atomic E-state index is -0.294. The smallest absolute Gasteiger partial charge is 0.236 e. The van der Waals surface area contributed by atoms with E-state index < -0.39 is 0 Å². The first kappa shape index (κ1) is 20.8. The standard InChI is InChI=1S/C21H32N2O2S/c1-12(2)18(21(25)23-9-7-8-17(11-23)20(22)24)26-19-15(5)13(3)10-14(4)16(19)6/h10,12,17-18H,7-9,11H2,1-6H3,(H2,22,24)/t17-,18-/m0/s1. The van der Waals surface area contributed by atoms with Crippen molar-refractivity contribution in [3.05, 3.63) is 28.3 Å². The fraction of sp³-hybridized carbons (Fsp3) is 0.619. The number of benzene rings is 1. The van der Waals surface area contributed by atoms with Gasteiger partial charge in [0.25, 0.3) is 0 Å². The topological polar surface area (TPSA) is 63.4 Å². The maximum absolute atomic E-state index is 13.3. The van der Waals surface area contributed by atoms with Crippen LogP contribution in [0.1, 0.15) is 48.9 Å². The van der Waals surface area contributed by atoms with Gasteiger partial charge in [-0.3, -0.25) is 9.59 Å². The molecule has 1 aromatic carbocycles. The van der Waals surface area contributed by atoms with Crippen LogP contribution in [0.15, 0.2) is 11.0 Å². The molecule has 2 atom stereocenters. The van der Waals surface area contributed by atoms with Crippen LogP contribution in [0.3, 0.4) is 0 Å². The zero-order chi connectivity index (χ0) is 19.6. The number of nitrogens with zero attached hydrogens (tertiary/aromatic N) is 1. The second kappa shape index (κ2) is 8.47. The summed E-state index contributed by atoms with van der Waals surface area (Å²) in [7, 11) is 0. The molecule has 144 valence electrons. The third-order valence-electron chi connectivity index (χ3n) is 5.53. The number of hydrogen-bond donors (Lipinski definition) is 1. The Kier molecular flexibility index (Phi) is 6.78. The molecule has 0 radical (unpaired) electrons. The van der Waals surface area contributed by atoms with E-state index in [1.807, 2.05) is 4.90 Å². The SMILES string of the molecule is Cc1cc(C)c(C)c(S[C@H](C(=O)N2CCC[C@H](C(N)=O)C2)C(C)C)c1C. The molecule has 0 aliphatic carbocycles. The molecule has 1 aromatic rings. The highest BCUT2D eigenvalue weighted by Gasteiger charge is 2.33. The van der Waals surface area contributed by atoms with Gasteiger partial charge in [-0.1, -0.05) is 19.9 Å². The highest BCUT2D eigenvalue weighted by Crippen LogP contribution is 2.37. The van der Waals surface area contributed by atoms with Gasteiger partial charge in [0.2, 0.25) is 11.8 Å². The molecule has 1 aliphatic heterocycles. The van der Waals surface area contributed by atoms with E-state index in [-0.39, 0.29) is 28.9 Å². The lowest BCUT2D eigenvalue weighted by Crippen LogP contribution is -2.48. The molecule has 26 heavy (non-hydrogen) atoms. The summed E-state index contributed by atoms with van der Waals surface area (Å²) in [6, 6.07) is 2.21. The number of rotatable bonds is 5. The first-order chi connectivity index (χ1) is 12.1. The molecule has 0 unspecified atom stereocenters. The number of nitrogens with two attached hydrogens (primary N) is 1. The Morgan fingerprint density at radius 3 is 2.23 bits per heavy atom. The summed E-state index contributed by atoms with van der Waals surface area (Å²) in [6.07, 6.45) is 1.63. The van der Waals surface area contributed by atoms with Crippen molar-refractivity contribution in [3.8, 4) is 0 Å². The van der Waals surface area contributed by atoms with E-state index in [1.165, 1.54) is 27.1 Å². The van der Waals surface area contributed by atoms with E-state index >= 15 is 0 Å². The molecular weight excluding hydrogens is 344 g/mol. The Bertz CT molecular complexity index is 673. The average molecular weight is 377 g/mol. The summed E-state index contributed by atoms with van der Waals surface area (Å²) < 4.78 is 0. The molecule has 0 spiro atoms. The fourth-order valence-corrected chi connectivity index (χ4v) is 5.00. The molecule has 2 N–H and O–H groups in total. The lowest BCUT2D eigenvalue weighted by molar-refractivity contribution is -0.135. The summed E-state index contributed by atoms with van der Waals surface area (Å²) in [5.41, 5.74) is 10.5. The predicted octanol–water partition coefficient (Wildman–Crippen LogP) is 3.76. The van der Waals surface area contributed by atoms with Crippen LogP contribution in [0.5, 0.6) is 0 Å². The first-order valence-corrected chi connectivity index (χ1v) is 10.3. The largest absolute Gasteiger partial charge is 0.369 e. The Balaban J connectivity index is 2.27. The summed E-state index contributed by atoms with van der Waals surface area (Å²) in [4.78, 5) is 27.9. The minimum absolute atomic E-state index is 0.133. The van der Waals surface area contributed by atoms with Crippen LogP contribution >= 0.6 is 11.8 Å². The Morgan fingerprint density at radius 2 is 1.73 bits per heavy atom. The monoisotopic (exact) mass is 376 g/mol. The average Bonchev–Trinajstić information content (AvgIpc) is 2.59. The molecule has 0 saturated carbocycles. The Morgan fingerprint density at radius 1 is 1.15 bits per heavy atom. The second-order valence-electron chi connectivity index (χ2n) is 7.90. The number of thioether (sulfide) groups is 1. The summed E-state index contributed by atoms with van der Waals surface area (Å²) in [6.45, 7) is 13.9. The van der Waals surface area contributed by atoms with Crippen LogP contribution < -0.4 is 5.73 Å². The molecule has 2 amide bonds. The zero-order valence-corrected chi connectivity index (χ0v) is 17.7. The van der Waals surface area contributed by atoms with E-state index in [2.05, 4.69) is 47.6 Å². The predicted molar refractivity (Wildman–Crippen MR) is 108 cm³/mol. The third kappa shape index (κ3) is 4.43. The number of carbonyl (C=O) groups excluding carboxylic acids is 2. The summed E-state index contributed by atoms with van der Waals surface area (Å²) >= 11 is 1.68. The fourth-order valence-electron chi connectivity index (χ4n) is 3.55. The van der Waals surface area contributed by atoms with Crippen molar-refractivity contribution < 1.29 is 9.59 Å². The van der Waals surface area contributed by atoms with Gasteiger partial charge in [-0.2, -0.15) is 0 Å². The molecule has 0 bridgehead atoms. The van der Waals surface area contributed by atoms with Gasteiger partial charge in [-0.25, -0.2) is 0 Å². The van der Waals surface area contributed by atoms with Gasteiger partial charge in [0.15, 0.2) is 0 Å². The number of aryl methyl sites for hydroxylation is 2. The van der Waals surface area contributed by atoms with Gasteiger partial charge >= 0.3 is 0 Å². The van der Waals surface area contributed by atoms with Gasteiger partial charge in [-0.15, -0.1) is 11.8 Å². The van der Waals surface area contributed by atoms with Crippen LogP contribution in [0.25, 0.3) is 0 Å². The van der Waals surface area contributed by atoms with E-state index in [4.69, 9.17) is 5.73 Å². The minimum Gasteiger partial charge on any atom is -0.369 e. The van der Waals surface area contributed by atoms with Crippen LogP contribution in [0.2, 0.25) is 0 Å². The maximum Gasteiger partial charge on any atom is 0.236 e. The van der Waals surface area contributed by atoms with E-state index in [0.29, 0.717) is 6.54 Å². The Labute approximate surface area is 161 Å². The number of likely N-dealkylation sites (tertiary alicyclic amines) is 1. The number of hydrogen-bond acceptors (Lipinski definition) is 3. The van der Waals surface area contributed by atoms with Gasteiger partial charge in [-0.05, 0) is 68.7 Å². The molecular formula is C21H32N2O2S. The molecule has 4 nitrogen and oxygen atoms in total. The van der Waals surface area contributed by atoms with Gasteiger partial charge < -0.3 is 10.6 Å². The van der Waals surface area contributed by atoms with Crippen LogP contribution in [-0.2, 0) is 9.59 Å². The van der Waals surface area contributed by atoms with E-state index in [1.54, 1.807) is 11.8 Å². The van der Waals surface area contributed by atoms with Crippen molar-refractivity contribution >= 4 is 23.6 Å². The maximum atomic E-state index is 13.3. The number of primary amides is 1. The second-order valence-corrected chi connectivity index (χ2v) is 9.05. The van der Waals surface area contributed by atoms with Crippen molar-refractivity contribution in [2.75, 3.05) is 13.1 Å². The molecule has 1 aliphatic rings. The van der Waals surface area contributed by atoms with Crippen LogP contribution in [0.4, 0.5) is 0 Å². The summed E-state index contributed by atoms with van der Waals surface area (Å²) in [5, 5.41) is -0.153. The van der Waals surface area contributed by atoms with Crippen molar-refractivity contribution in [1.82, 2.24) is 4.90 Å². The van der Waals surface area contributed by atoms with Crippen molar-refractivity contribution in [3.63, 3.8) is 0 Å². The van der Waals surface area contributed by atoms with Crippen LogP contribution in [-0.4, -0.2) is 35.1 Å². The number of carbonyl (C=O) groups is 2. The lowest BCUT2D eigenvalue weighted by atomic mass is 9.96. The molecule has 5 heteroatoms.